The number of ether oxygens (including phenoxy) is 2. The van der Waals surface area contributed by atoms with Crippen LogP contribution in [0.5, 0.6) is 17.2 Å². The van der Waals surface area contributed by atoms with Gasteiger partial charge in [-0.1, -0.05) is 12.0 Å². The molecule has 0 aliphatic carbocycles. The minimum Gasteiger partial charge on any atom is -0.489 e. The molecule has 1 N–H and O–H groups in total. The molecule has 0 bridgehead atoms. The predicted octanol–water partition coefficient (Wildman–Crippen LogP) is 4.76. The maximum absolute atomic E-state index is 12.8. The minimum absolute atomic E-state index is 0.269. The number of benzene rings is 3. The second-order valence-electron chi connectivity index (χ2n) is 6.52. The molecule has 3 aromatic rings. The number of urea groups is 1. The van der Waals surface area contributed by atoms with E-state index in [-0.39, 0.29) is 6.03 Å². The Kier molecular flexibility index (Phi) is 5.23. The summed E-state index contributed by atoms with van der Waals surface area (Å²) in [5.41, 5.74) is 2.54. The molecule has 2 amide bonds. The van der Waals surface area contributed by atoms with Crippen LogP contribution in [0.3, 0.4) is 0 Å². The first kappa shape index (κ1) is 18.9. The second kappa shape index (κ2) is 8.30. The van der Waals surface area contributed by atoms with Crippen molar-refractivity contribution in [3.05, 3.63) is 77.9 Å². The fourth-order valence-electron chi connectivity index (χ4n) is 3.09. The summed E-state index contributed by atoms with van der Waals surface area (Å²) in [6.07, 6.45) is 5.42. The summed E-state index contributed by atoms with van der Waals surface area (Å²) < 4.78 is 11.6. The first-order chi connectivity index (χ1) is 14.7. The van der Waals surface area contributed by atoms with Crippen molar-refractivity contribution >= 4 is 17.4 Å². The summed E-state index contributed by atoms with van der Waals surface area (Å²) in [5.74, 6) is 4.29. The summed E-state index contributed by atoms with van der Waals surface area (Å²) in [6.45, 7) is 0.786. The zero-order valence-electron chi connectivity index (χ0n) is 16.0. The van der Waals surface area contributed by atoms with E-state index in [1.165, 1.54) is 0 Å². The Morgan fingerprint density at radius 1 is 1.07 bits per heavy atom. The average Bonchev–Trinajstić information content (AvgIpc) is 2.79. The van der Waals surface area contributed by atoms with Gasteiger partial charge in [-0.15, -0.1) is 6.42 Å². The van der Waals surface area contributed by atoms with Crippen LogP contribution in [0.15, 0.2) is 66.7 Å². The summed E-state index contributed by atoms with van der Waals surface area (Å²) >= 11 is 0. The Bertz CT molecular complexity index is 1170. The molecule has 3 aromatic carbocycles. The molecule has 6 heteroatoms. The standard InChI is InChI=1S/C24H17N3O3/c1-2-17-4-3-5-19(14-17)26-24(28)27-12-13-29-23-15-21(10-11-22(23)27)30-20-8-6-18(16-25)7-9-20/h1,3-11,14-15H,12-13H2,(H,26,28). The number of terminal acetylenes is 1. The van der Waals surface area contributed by atoms with Gasteiger partial charge in [0.1, 0.15) is 23.9 Å². The SMILES string of the molecule is C#Cc1cccc(NC(=O)N2CCOc3cc(Oc4ccc(C#N)cc4)ccc32)c1. The van der Waals surface area contributed by atoms with Gasteiger partial charge in [0.15, 0.2) is 0 Å². The summed E-state index contributed by atoms with van der Waals surface area (Å²) in [5, 5.41) is 11.8. The minimum atomic E-state index is -0.269. The van der Waals surface area contributed by atoms with E-state index >= 15 is 0 Å². The average molecular weight is 395 g/mol. The summed E-state index contributed by atoms with van der Waals surface area (Å²) in [7, 11) is 0. The van der Waals surface area contributed by atoms with Crippen molar-refractivity contribution in [1.82, 2.24) is 0 Å². The lowest BCUT2D eigenvalue weighted by Gasteiger charge is -2.29. The zero-order chi connectivity index (χ0) is 20.9. The molecule has 0 atom stereocenters. The van der Waals surface area contributed by atoms with E-state index in [2.05, 4.69) is 17.3 Å². The molecule has 4 rings (SSSR count). The van der Waals surface area contributed by atoms with E-state index in [0.29, 0.717) is 52.9 Å². The molecule has 0 saturated heterocycles. The number of rotatable bonds is 3. The van der Waals surface area contributed by atoms with Crippen LogP contribution in [0.25, 0.3) is 0 Å². The fourth-order valence-corrected chi connectivity index (χ4v) is 3.09. The van der Waals surface area contributed by atoms with E-state index < -0.39 is 0 Å². The molecule has 1 heterocycles. The molecule has 0 fully saturated rings. The third-order valence-electron chi connectivity index (χ3n) is 4.54. The number of nitriles is 1. The lowest BCUT2D eigenvalue weighted by atomic mass is 10.2. The zero-order valence-corrected chi connectivity index (χ0v) is 16.0. The number of fused-ring (bicyclic) bond motifs is 1. The molecule has 0 unspecified atom stereocenters. The monoisotopic (exact) mass is 395 g/mol. The van der Waals surface area contributed by atoms with Crippen LogP contribution >= 0.6 is 0 Å². The lowest BCUT2D eigenvalue weighted by molar-refractivity contribution is 0.250. The van der Waals surface area contributed by atoms with Crippen molar-refractivity contribution < 1.29 is 14.3 Å². The second-order valence-corrected chi connectivity index (χ2v) is 6.52. The summed E-state index contributed by atoms with van der Waals surface area (Å²) in [6, 6.07) is 21.0. The van der Waals surface area contributed by atoms with Gasteiger partial charge in [-0.3, -0.25) is 4.90 Å². The van der Waals surface area contributed by atoms with Crippen LogP contribution in [0.4, 0.5) is 16.2 Å². The number of amides is 2. The highest BCUT2D eigenvalue weighted by Gasteiger charge is 2.24. The molecule has 0 saturated carbocycles. The van der Waals surface area contributed by atoms with Gasteiger partial charge in [-0.05, 0) is 54.6 Å². The van der Waals surface area contributed by atoms with Gasteiger partial charge in [0, 0.05) is 17.3 Å². The molecule has 30 heavy (non-hydrogen) atoms. The smallest absolute Gasteiger partial charge is 0.326 e. The highest BCUT2D eigenvalue weighted by molar-refractivity contribution is 6.03. The van der Waals surface area contributed by atoms with E-state index in [1.54, 1.807) is 71.6 Å². The number of nitrogens with zero attached hydrogens (tertiary/aromatic N) is 2. The van der Waals surface area contributed by atoms with Crippen molar-refractivity contribution in [3.8, 4) is 35.7 Å². The van der Waals surface area contributed by atoms with Gasteiger partial charge >= 0.3 is 6.03 Å². The Balaban J connectivity index is 1.51. The number of carbonyl (C=O) groups is 1. The third kappa shape index (κ3) is 4.04. The molecule has 0 spiro atoms. The highest BCUT2D eigenvalue weighted by Crippen LogP contribution is 2.36. The first-order valence-corrected chi connectivity index (χ1v) is 9.26. The van der Waals surface area contributed by atoms with Crippen LogP contribution in [0, 0.1) is 23.7 Å². The maximum atomic E-state index is 12.8. The Labute approximate surface area is 174 Å². The molecule has 0 aromatic heterocycles. The van der Waals surface area contributed by atoms with E-state index in [4.69, 9.17) is 21.2 Å². The fraction of sp³-hybridized carbons (Fsp3) is 0.0833. The molecule has 1 aliphatic heterocycles. The van der Waals surface area contributed by atoms with Crippen molar-refractivity contribution in [2.75, 3.05) is 23.4 Å². The number of hydrogen-bond acceptors (Lipinski definition) is 4. The van der Waals surface area contributed by atoms with Crippen LogP contribution in [-0.2, 0) is 0 Å². The number of carbonyl (C=O) groups excluding carboxylic acids is 1. The quantitative estimate of drug-likeness (QED) is 0.649. The van der Waals surface area contributed by atoms with Crippen molar-refractivity contribution in [2.24, 2.45) is 0 Å². The van der Waals surface area contributed by atoms with Crippen molar-refractivity contribution in [2.45, 2.75) is 0 Å². The Hall–Kier alpha value is -4.42. The van der Waals surface area contributed by atoms with Crippen LogP contribution < -0.4 is 19.7 Å². The van der Waals surface area contributed by atoms with Gasteiger partial charge in [-0.25, -0.2) is 4.79 Å². The molecule has 6 nitrogen and oxygen atoms in total. The third-order valence-corrected chi connectivity index (χ3v) is 4.54. The molecular weight excluding hydrogens is 378 g/mol. The molecular formula is C24H17N3O3. The van der Waals surface area contributed by atoms with Gasteiger partial charge in [0.2, 0.25) is 0 Å². The number of anilines is 2. The van der Waals surface area contributed by atoms with Crippen LogP contribution in [0.1, 0.15) is 11.1 Å². The normalized spacial score (nSPS) is 12.0. The maximum Gasteiger partial charge on any atom is 0.326 e. The number of hydrogen-bond donors (Lipinski definition) is 1. The van der Waals surface area contributed by atoms with Crippen molar-refractivity contribution in [1.29, 1.82) is 5.26 Å². The summed E-state index contributed by atoms with van der Waals surface area (Å²) in [4.78, 5) is 14.4. The largest absolute Gasteiger partial charge is 0.489 e. The predicted molar refractivity (Wildman–Crippen MR) is 114 cm³/mol. The molecule has 0 radical (unpaired) electrons. The lowest BCUT2D eigenvalue weighted by Crippen LogP contribution is -2.40. The Morgan fingerprint density at radius 2 is 1.87 bits per heavy atom. The van der Waals surface area contributed by atoms with Gasteiger partial charge in [0.25, 0.3) is 0 Å². The van der Waals surface area contributed by atoms with Crippen LogP contribution in [0.2, 0.25) is 0 Å². The van der Waals surface area contributed by atoms with Crippen LogP contribution in [-0.4, -0.2) is 19.2 Å². The van der Waals surface area contributed by atoms with E-state index in [1.807, 2.05) is 0 Å². The van der Waals surface area contributed by atoms with Gasteiger partial charge < -0.3 is 14.8 Å². The Morgan fingerprint density at radius 3 is 2.63 bits per heavy atom. The molecule has 146 valence electrons. The van der Waals surface area contributed by atoms with E-state index in [9.17, 15) is 4.79 Å². The van der Waals surface area contributed by atoms with E-state index in [0.717, 1.165) is 0 Å². The molecule has 1 aliphatic rings. The highest BCUT2D eigenvalue weighted by atomic mass is 16.5. The topological polar surface area (TPSA) is 74.6 Å². The van der Waals surface area contributed by atoms with Gasteiger partial charge in [-0.2, -0.15) is 5.26 Å². The first-order valence-electron chi connectivity index (χ1n) is 9.26. The van der Waals surface area contributed by atoms with Gasteiger partial charge in [0.05, 0.1) is 23.9 Å². The number of nitrogens with one attached hydrogen (secondary N) is 1. The van der Waals surface area contributed by atoms with Crippen molar-refractivity contribution in [3.63, 3.8) is 0 Å².